The first-order chi connectivity index (χ1) is 9.24. The second-order valence-electron chi connectivity index (χ2n) is 5.15. The average molecular weight is 263 g/mol. The molecule has 104 valence electrons. The summed E-state index contributed by atoms with van der Waals surface area (Å²) in [7, 11) is 1.47. The van der Waals surface area contributed by atoms with Crippen molar-refractivity contribution >= 4 is 6.08 Å². The molecule has 2 N–H and O–H groups in total. The smallest absolute Gasteiger partial charge is 0.165 e. The van der Waals surface area contributed by atoms with Gasteiger partial charge in [-0.05, 0) is 36.5 Å². The maximum absolute atomic E-state index is 13.7. The Morgan fingerprint density at radius 2 is 2.11 bits per heavy atom. The maximum Gasteiger partial charge on any atom is 0.165 e. The maximum atomic E-state index is 13.7. The molecule has 1 saturated carbocycles. The van der Waals surface area contributed by atoms with Crippen molar-refractivity contribution in [2.75, 3.05) is 13.7 Å². The SMILES string of the molecule is COc1ccc(C=C(CN)C2CCCCC2)cc1F. The molecule has 0 radical (unpaired) electrons. The van der Waals surface area contributed by atoms with Crippen LogP contribution in [-0.2, 0) is 0 Å². The summed E-state index contributed by atoms with van der Waals surface area (Å²) in [5.74, 6) is 0.532. The third-order valence-electron chi connectivity index (χ3n) is 3.89. The predicted octanol–water partition coefficient (Wildman–Crippen LogP) is 3.76. The first-order valence-electron chi connectivity index (χ1n) is 6.98. The van der Waals surface area contributed by atoms with E-state index in [2.05, 4.69) is 0 Å². The number of nitrogens with two attached hydrogens (primary N) is 1. The minimum Gasteiger partial charge on any atom is -0.494 e. The fourth-order valence-corrected chi connectivity index (χ4v) is 2.80. The number of ether oxygens (including phenoxy) is 1. The van der Waals surface area contributed by atoms with Crippen LogP contribution in [0.2, 0.25) is 0 Å². The van der Waals surface area contributed by atoms with Crippen LogP contribution < -0.4 is 10.5 Å². The lowest BCUT2D eigenvalue weighted by molar-refractivity contribution is 0.386. The van der Waals surface area contributed by atoms with Crippen LogP contribution in [0.25, 0.3) is 6.08 Å². The van der Waals surface area contributed by atoms with Gasteiger partial charge in [-0.3, -0.25) is 0 Å². The summed E-state index contributed by atoms with van der Waals surface area (Å²) in [5.41, 5.74) is 7.96. The Hall–Kier alpha value is -1.35. The van der Waals surface area contributed by atoms with Gasteiger partial charge in [0.2, 0.25) is 0 Å². The van der Waals surface area contributed by atoms with Gasteiger partial charge in [0, 0.05) is 6.54 Å². The van der Waals surface area contributed by atoms with Gasteiger partial charge in [0.25, 0.3) is 0 Å². The van der Waals surface area contributed by atoms with E-state index in [1.165, 1.54) is 50.9 Å². The Morgan fingerprint density at radius 3 is 2.68 bits per heavy atom. The predicted molar refractivity (Wildman–Crippen MR) is 76.6 cm³/mol. The van der Waals surface area contributed by atoms with E-state index >= 15 is 0 Å². The van der Waals surface area contributed by atoms with Crippen LogP contribution in [0.15, 0.2) is 23.8 Å². The topological polar surface area (TPSA) is 35.2 Å². The van der Waals surface area contributed by atoms with Crippen molar-refractivity contribution in [1.29, 1.82) is 0 Å². The van der Waals surface area contributed by atoms with Gasteiger partial charge in [-0.25, -0.2) is 4.39 Å². The molecule has 0 unspecified atom stereocenters. The number of methoxy groups -OCH3 is 1. The lowest BCUT2D eigenvalue weighted by Crippen LogP contribution is -2.16. The fraction of sp³-hybridized carbons (Fsp3) is 0.500. The zero-order valence-electron chi connectivity index (χ0n) is 11.5. The summed E-state index contributed by atoms with van der Waals surface area (Å²) in [6.07, 6.45) is 8.34. The van der Waals surface area contributed by atoms with Gasteiger partial charge >= 0.3 is 0 Å². The van der Waals surface area contributed by atoms with Gasteiger partial charge in [0.05, 0.1) is 7.11 Å². The van der Waals surface area contributed by atoms with Crippen molar-refractivity contribution in [3.8, 4) is 5.75 Å². The Labute approximate surface area is 114 Å². The molecular formula is C16H22FNO. The standard InChI is InChI=1S/C16H22FNO/c1-19-16-8-7-12(10-15(16)17)9-14(11-18)13-5-3-2-4-6-13/h7-10,13H,2-6,11,18H2,1H3. The second-order valence-corrected chi connectivity index (χ2v) is 5.15. The fourth-order valence-electron chi connectivity index (χ4n) is 2.80. The zero-order valence-corrected chi connectivity index (χ0v) is 11.5. The first kappa shape index (κ1) is 14.1. The van der Waals surface area contributed by atoms with Gasteiger partial charge in [-0.1, -0.05) is 37.0 Å². The van der Waals surface area contributed by atoms with Gasteiger partial charge < -0.3 is 10.5 Å². The molecular weight excluding hydrogens is 241 g/mol. The molecule has 1 aromatic rings. The molecule has 1 fully saturated rings. The van der Waals surface area contributed by atoms with E-state index in [0.29, 0.717) is 12.5 Å². The largest absolute Gasteiger partial charge is 0.494 e. The van der Waals surface area contributed by atoms with Gasteiger partial charge in [-0.2, -0.15) is 0 Å². The molecule has 0 amide bonds. The molecule has 1 aromatic carbocycles. The molecule has 0 aliphatic heterocycles. The quantitative estimate of drug-likeness (QED) is 0.897. The molecule has 0 saturated heterocycles. The van der Waals surface area contributed by atoms with Crippen molar-refractivity contribution in [1.82, 2.24) is 0 Å². The highest BCUT2D eigenvalue weighted by atomic mass is 19.1. The molecule has 1 aliphatic carbocycles. The van der Waals surface area contributed by atoms with Crippen LogP contribution >= 0.6 is 0 Å². The molecule has 1 aliphatic rings. The van der Waals surface area contributed by atoms with Crippen LogP contribution in [0, 0.1) is 11.7 Å². The third-order valence-corrected chi connectivity index (χ3v) is 3.89. The van der Waals surface area contributed by atoms with Crippen LogP contribution in [0.1, 0.15) is 37.7 Å². The van der Waals surface area contributed by atoms with Crippen molar-refractivity contribution < 1.29 is 9.13 Å². The molecule has 0 atom stereocenters. The van der Waals surface area contributed by atoms with E-state index in [1.807, 2.05) is 12.1 Å². The van der Waals surface area contributed by atoms with E-state index < -0.39 is 0 Å². The van der Waals surface area contributed by atoms with E-state index in [0.717, 1.165) is 5.56 Å². The monoisotopic (exact) mass is 263 g/mol. The lowest BCUT2D eigenvalue weighted by atomic mass is 9.83. The Bertz CT molecular complexity index is 450. The van der Waals surface area contributed by atoms with Crippen molar-refractivity contribution in [3.05, 3.63) is 35.2 Å². The molecule has 2 rings (SSSR count). The zero-order chi connectivity index (χ0) is 13.7. The summed E-state index contributed by atoms with van der Waals surface area (Å²) >= 11 is 0. The number of rotatable bonds is 4. The first-order valence-corrected chi connectivity index (χ1v) is 6.98. The van der Waals surface area contributed by atoms with Crippen molar-refractivity contribution in [2.45, 2.75) is 32.1 Å². The third kappa shape index (κ3) is 3.57. The molecule has 2 nitrogen and oxygen atoms in total. The van der Waals surface area contributed by atoms with E-state index in [-0.39, 0.29) is 11.6 Å². The summed E-state index contributed by atoms with van der Waals surface area (Å²) in [6, 6.07) is 5.05. The van der Waals surface area contributed by atoms with E-state index in [4.69, 9.17) is 10.5 Å². The van der Waals surface area contributed by atoms with Crippen LogP contribution in [0.5, 0.6) is 5.75 Å². The Kier molecular flexibility index (Phi) is 4.97. The van der Waals surface area contributed by atoms with Gasteiger partial charge in [0.1, 0.15) is 0 Å². The number of hydrogen-bond acceptors (Lipinski definition) is 2. The van der Waals surface area contributed by atoms with Crippen molar-refractivity contribution in [2.24, 2.45) is 11.7 Å². The minimum absolute atomic E-state index is 0.282. The normalized spacial score (nSPS) is 17.5. The van der Waals surface area contributed by atoms with Gasteiger partial charge in [-0.15, -0.1) is 0 Å². The molecule has 0 spiro atoms. The van der Waals surface area contributed by atoms with E-state index in [9.17, 15) is 4.39 Å². The molecule has 19 heavy (non-hydrogen) atoms. The minimum atomic E-state index is -0.323. The highest BCUT2D eigenvalue weighted by Gasteiger charge is 2.16. The van der Waals surface area contributed by atoms with Crippen LogP contribution in [0.3, 0.4) is 0 Å². The lowest BCUT2D eigenvalue weighted by Gasteiger charge is -2.24. The van der Waals surface area contributed by atoms with Crippen molar-refractivity contribution in [3.63, 3.8) is 0 Å². The molecule has 3 heteroatoms. The summed E-state index contributed by atoms with van der Waals surface area (Å²) < 4.78 is 18.6. The molecule has 0 aromatic heterocycles. The Morgan fingerprint density at radius 1 is 1.37 bits per heavy atom. The highest BCUT2D eigenvalue weighted by Crippen LogP contribution is 2.30. The summed E-state index contributed by atoms with van der Waals surface area (Å²) in [6.45, 7) is 0.554. The number of hydrogen-bond donors (Lipinski definition) is 1. The second kappa shape index (κ2) is 6.71. The average Bonchev–Trinajstić information content (AvgIpc) is 2.46. The van der Waals surface area contributed by atoms with E-state index in [1.54, 1.807) is 6.07 Å². The Balaban J connectivity index is 2.19. The summed E-state index contributed by atoms with van der Waals surface area (Å²) in [4.78, 5) is 0. The van der Waals surface area contributed by atoms with Crippen LogP contribution in [0.4, 0.5) is 4.39 Å². The summed E-state index contributed by atoms with van der Waals surface area (Å²) in [5, 5.41) is 0. The molecule has 0 heterocycles. The van der Waals surface area contributed by atoms with Gasteiger partial charge in [0.15, 0.2) is 11.6 Å². The highest BCUT2D eigenvalue weighted by molar-refractivity contribution is 5.55. The number of benzene rings is 1. The number of halogens is 1. The molecule has 0 bridgehead atoms. The van der Waals surface area contributed by atoms with Crippen LogP contribution in [-0.4, -0.2) is 13.7 Å².